The SMILES string of the molecule is C#Cc1c(F)ccc2cc(OCOP(=O)(OC(C)(C)C)OC(C)(C)C)cc(-c3nc(Cl)c4c(N5CC6CCC(C5)N6C(=O)OC(C)(C)C)nc(OCC56CCCN5CCC6)nc4c3F)c12. The zero-order chi connectivity index (χ0) is 46.9. The number of fused-ring (bicyclic) bond motifs is 5. The molecule has 4 aliphatic rings. The number of hydrogen-bond donors (Lipinski definition) is 0. The van der Waals surface area contributed by atoms with E-state index in [-0.39, 0.29) is 73.7 Å². The third kappa shape index (κ3) is 9.88. The summed E-state index contributed by atoms with van der Waals surface area (Å²) in [5, 5.41) is 0.570. The van der Waals surface area contributed by atoms with Crippen LogP contribution in [0, 0.1) is 24.0 Å². The van der Waals surface area contributed by atoms with Crippen molar-refractivity contribution >= 4 is 53.0 Å². The highest BCUT2D eigenvalue weighted by atomic mass is 35.5. The first-order valence-electron chi connectivity index (χ1n) is 22.2. The van der Waals surface area contributed by atoms with Gasteiger partial charge in [-0.2, -0.15) is 9.97 Å². The van der Waals surface area contributed by atoms with Gasteiger partial charge in [-0.15, -0.1) is 6.42 Å². The lowest BCUT2D eigenvalue weighted by Crippen LogP contribution is -2.57. The molecule has 0 radical (unpaired) electrons. The molecule has 4 fully saturated rings. The lowest BCUT2D eigenvalue weighted by atomic mass is 9.95. The summed E-state index contributed by atoms with van der Waals surface area (Å²) in [5.41, 5.74) is -3.20. The van der Waals surface area contributed by atoms with Crippen LogP contribution >= 0.6 is 19.4 Å². The molecule has 0 aliphatic carbocycles. The topological polar surface area (TPSA) is 138 Å². The first-order chi connectivity index (χ1) is 30.5. The van der Waals surface area contributed by atoms with Crippen molar-refractivity contribution in [1.29, 1.82) is 0 Å². The second-order valence-electron chi connectivity index (χ2n) is 20.4. The number of amides is 1. The predicted molar refractivity (Wildman–Crippen MR) is 244 cm³/mol. The summed E-state index contributed by atoms with van der Waals surface area (Å²) in [7, 11) is -4.19. The van der Waals surface area contributed by atoms with Crippen LogP contribution in [0.4, 0.5) is 19.4 Å². The first kappa shape index (κ1) is 47.1. The van der Waals surface area contributed by atoms with Gasteiger partial charge in [0.25, 0.3) is 0 Å². The molecule has 2 atom stereocenters. The van der Waals surface area contributed by atoms with Crippen LogP contribution in [0.1, 0.15) is 106 Å². The Morgan fingerprint density at radius 3 is 2.15 bits per heavy atom. The molecule has 4 aromatic rings. The number of benzene rings is 2. The number of carbonyl (C=O) groups excluding carboxylic acids is 1. The Labute approximate surface area is 384 Å². The van der Waals surface area contributed by atoms with Crippen LogP contribution in [-0.4, -0.2) is 105 Å². The minimum Gasteiger partial charge on any atom is -0.467 e. The van der Waals surface area contributed by atoms with E-state index in [9.17, 15) is 9.36 Å². The fourth-order valence-electron chi connectivity index (χ4n) is 9.64. The van der Waals surface area contributed by atoms with Gasteiger partial charge in [-0.1, -0.05) is 23.6 Å². The van der Waals surface area contributed by atoms with E-state index in [1.165, 1.54) is 18.2 Å². The molecule has 1 amide bonds. The summed E-state index contributed by atoms with van der Waals surface area (Å²) in [4.78, 5) is 33.9. The van der Waals surface area contributed by atoms with Crippen molar-refractivity contribution in [3.05, 3.63) is 46.6 Å². The number of aromatic nitrogens is 3. The average Bonchev–Trinajstić information content (AvgIpc) is 3.86. The zero-order valence-corrected chi connectivity index (χ0v) is 40.2. The Morgan fingerprint density at radius 2 is 1.55 bits per heavy atom. The fourth-order valence-corrected chi connectivity index (χ4v) is 11.6. The van der Waals surface area contributed by atoms with Crippen molar-refractivity contribution in [3.8, 4) is 35.4 Å². The summed E-state index contributed by atoms with van der Waals surface area (Å²) in [6.45, 7) is 18.2. The molecule has 4 aliphatic heterocycles. The Hall–Kier alpha value is -4.36. The molecule has 0 spiro atoms. The maximum atomic E-state index is 17.8. The largest absolute Gasteiger partial charge is 0.478 e. The van der Waals surface area contributed by atoms with Crippen LogP contribution in [-0.2, 0) is 22.9 Å². The zero-order valence-electron chi connectivity index (χ0n) is 38.6. The highest BCUT2D eigenvalue weighted by Crippen LogP contribution is 2.55. The number of halogens is 3. The number of hydrogen-bond acceptors (Lipinski definition) is 13. The van der Waals surface area contributed by atoms with Crippen LogP contribution in [0.3, 0.4) is 0 Å². The molecule has 18 heteroatoms. The molecule has 2 aromatic carbocycles. The van der Waals surface area contributed by atoms with Gasteiger partial charge in [-0.3, -0.25) is 18.8 Å². The molecule has 8 rings (SSSR count). The summed E-state index contributed by atoms with van der Waals surface area (Å²) in [6, 6.07) is 5.23. The van der Waals surface area contributed by atoms with Gasteiger partial charge < -0.3 is 19.1 Å². The van der Waals surface area contributed by atoms with Crippen molar-refractivity contribution in [3.63, 3.8) is 0 Å². The van der Waals surface area contributed by atoms with E-state index in [0.29, 0.717) is 30.9 Å². The van der Waals surface area contributed by atoms with Gasteiger partial charge in [0.15, 0.2) is 12.6 Å². The van der Waals surface area contributed by atoms with Gasteiger partial charge in [0.1, 0.15) is 46.0 Å². The summed E-state index contributed by atoms with van der Waals surface area (Å²) in [6.07, 6.45) is 11.0. The number of piperazine rings is 1. The van der Waals surface area contributed by atoms with Crippen molar-refractivity contribution < 1.29 is 45.9 Å². The normalized spacial score (nSPS) is 20.1. The molecular weight excluding hydrogens is 881 g/mol. The summed E-state index contributed by atoms with van der Waals surface area (Å²) in [5.74, 6) is 1.24. The molecule has 0 saturated carbocycles. The van der Waals surface area contributed by atoms with E-state index in [1.54, 1.807) is 52.5 Å². The summed E-state index contributed by atoms with van der Waals surface area (Å²) >= 11 is 7.15. The molecule has 4 saturated heterocycles. The molecule has 2 bridgehead atoms. The Morgan fingerprint density at radius 1 is 0.908 bits per heavy atom. The van der Waals surface area contributed by atoms with Gasteiger partial charge in [0.05, 0.1) is 39.8 Å². The van der Waals surface area contributed by atoms with Gasteiger partial charge in [0.2, 0.25) is 0 Å². The van der Waals surface area contributed by atoms with E-state index in [2.05, 4.69) is 15.8 Å². The average molecular weight is 939 g/mol. The monoisotopic (exact) mass is 938 g/mol. The van der Waals surface area contributed by atoms with Gasteiger partial charge in [0, 0.05) is 24.0 Å². The number of carbonyl (C=O) groups is 1. The fraction of sp³-hybridized carbons (Fsp3) is 0.574. The van der Waals surface area contributed by atoms with E-state index >= 15 is 8.78 Å². The lowest BCUT2D eigenvalue weighted by molar-refractivity contribution is -0.0189. The molecule has 6 heterocycles. The second-order valence-corrected chi connectivity index (χ2v) is 22.3. The van der Waals surface area contributed by atoms with Crippen LogP contribution in [0.5, 0.6) is 11.8 Å². The van der Waals surface area contributed by atoms with E-state index < -0.39 is 43.1 Å². The standard InChI is InChI=1S/C47H58ClF2N6O8P/c1-11-32-34(49)17-14-28-22-31(60-27-61-65(58,63-45(5,6)7)64-46(8,9)10)23-33(35(28)32)38-37(50)39-36(40(48)51-38)41(53-42(52-39)59-26-47-18-12-20-55(47)21-13-19-47)54-24-29-15-16-30(25-54)56(29)43(57)62-44(2,3)4/h1,14,17,22-23,29-30H,12-13,15-16,18-21,24-27H2,2-10H3. The molecule has 2 aromatic heterocycles. The van der Waals surface area contributed by atoms with Crippen LogP contribution in [0.25, 0.3) is 32.9 Å². The molecule has 14 nitrogen and oxygen atoms in total. The molecule has 0 N–H and O–H groups in total. The highest BCUT2D eigenvalue weighted by Gasteiger charge is 2.47. The van der Waals surface area contributed by atoms with Crippen molar-refractivity contribution in [2.45, 2.75) is 135 Å². The molecule has 65 heavy (non-hydrogen) atoms. The van der Waals surface area contributed by atoms with E-state index in [1.807, 2.05) is 25.7 Å². The number of ether oxygens (including phenoxy) is 3. The van der Waals surface area contributed by atoms with Crippen LogP contribution < -0.4 is 14.4 Å². The number of anilines is 1. The van der Waals surface area contributed by atoms with Crippen LogP contribution in [0.15, 0.2) is 24.3 Å². The number of nitrogens with zero attached hydrogens (tertiary/aromatic N) is 6. The quantitative estimate of drug-likeness (QED) is 0.0611. The maximum Gasteiger partial charge on any atom is 0.478 e. The number of pyridine rings is 1. The highest BCUT2D eigenvalue weighted by molar-refractivity contribution is 7.48. The molecule has 2 unspecified atom stereocenters. The minimum atomic E-state index is -4.19. The number of rotatable bonds is 11. The van der Waals surface area contributed by atoms with Crippen molar-refractivity contribution in [2.75, 3.05) is 44.5 Å². The van der Waals surface area contributed by atoms with Crippen molar-refractivity contribution in [2.24, 2.45) is 0 Å². The van der Waals surface area contributed by atoms with Crippen LogP contribution in [0.2, 0.25) is 5.15 Å². The van der Waals surface area contributed by atoms with E-state index in [4.69, 9.17) is 55.8 Å². The van der Waals surface area contributed by atoms with E-state index in [0.717, 1.165) is 51.6 Å². The Kier molecular flexibility index (Phi) is 12.6. The van der Waals surface area contributed by atoms with Gasteiger partial charge in [-0.25, -0.2) is 27.6 Å². The summed E-state index contributed by atoms with van der Waals surface area (Å²) < 4.78 is 82.5. The minimum absolute atomic E-state index is 0.0384. The van der Waals surface area contributed by atoms with Gasteiger partial charge in [-0.05, 0) is 138 Å². The molecular formula is C47H58ClF2N6O8P. The number of phosphoric ester groups is 1. The second kappa shape index (κ2) is 17.4. The smallest absolute Gasteiger partial charge is 0.467 e. The lowest BCUT2D eigenvalue weighted by Gasteiger charge is -2.42. The Bertz CT molecular complexity index is 2570. The first-order valence-corrected chi connectivity index (χ1v) is 24.0. The predicted octanol–water partition coefficient (Wildman–Crippen LogP) is 10.4. The number of phosphoric acid groups is 1. The molecule has 350 valence electrons. The maximum absolute atomic E-state index is 17.8. The Balaban J connectivity index is 1.22. The number of terminal acetylenes is 1. The third-order valence-electron chi connectivity index (χ3n) is 12.0. The third-order valence-corrected chi connectivity index (χ3v) is 14.3. The van der Waals surface area contributed by atoms with Gasteiger partial charge >= 0.3 is 19.9 Å². The van der Waals surface area contributed by atoms with Crippen molar-refractivity contribution in [1.82, 2.24) is 24.8 Å².